The number of rotatable bonds is 1. The standard InChI is InChI=1S/C14H13N3O2/c1-9-3-2-4-10(6-5-9)12-13(18)16-11-7-8-15-17(11)14(12)19/h2-4,6-8,19H,5H2,1H3,(H,16,18). The molecule has 0 aromatic carbocycles. The number of hydrogen-bond donors (Lipinski definition) is 2. The minimum absolute atomic E-state index is 0.140. The van der Waals surface area contributed by atoms with Crippen LogP contribution < -0.4 is 5.56 Å². The van der Waals surface area contributed by atoms with Crippen LogP contribution in [0.15, 0.2) is 46.9 Å². The summed E-state index contributed by atoms with van der Waals surface area (Å²) < 4.78 is 1.32. The first-order valence-electron chi connectivity index (χ1n) is 6.00. The van der Waals surface area contributed by atoms with Crippen LogP contribution in [0.4, 0.5) is 0 Å². The van der Waals surface area contributed by atoms with Crippen LogP contribution in [0.3, 0.4) is 0 Å². The number of aromatic nitrogens is 3. The molecular formula is C14H13N3O2. The number of hydrogen-bond acceptors (Lipinski definition) is 3. The van der Waals surface area contributed by atoms with Crippen molar-refractivity contribution in [3.8, 4) is 5.88 Å². The Labute approximate surface area is 109 Å². The fourth-order valence-electron chi connectivity index (χ4n) is 2.12. The van der Waals surface area contributed by atoms with Crippen LogP contribution in [0.2, 0.25) is 0 Å². The van der Waals surface area contributed by atoms with E-state index < -0.39 is 0 Å². The molecule has 2 aromatic rings. The molecule has 1 aliphatic rings. The minimum atomic E-state index is -0.319. The van der Waals surface area contributed by atoms with E-state index in [2.05, 4.69) is 10.1 Å². The van der Waals surface area contributed by atoms with Crippen molar-refractivity contribution in [2.45, 2.75) is 13.3 Å². The number of fused-ring (bicyclic) bond motifs is 1. The summed E-state index contributed by atoms with van der Waals surface area (Å²) in [7, 11) is 0. The first kappa shape index (κ1) is 11.5. The summed E-state index contributed by atoms with van der Waals surface area (Å²) in [5.41, 5.74) is 2.29. The van der Waals surface area contributed by atoms with Gasteiger partial charge in [0.25, 0.3) is 5.56 Å². The maximum Gasteiger partial charge on any atom is 0.262 e. The third-order valence-electron chi connectivity index (χ3n) is 3.12. The van der Waals surface area contributed by atoms with Crippen LogP contribution in [-0.2, 0) is 0 Å². The molecule has 0 saturated carbocycles. The maximum absolute atomic E-state index is 12.1. The Kier molecular flexibility index (Phi) is 2.59. The van der Waals surface area contributed by atoms with E-state index >= 15 is 0 Å². The molecule has 0 amide bonds. The van der Waals surface area contributed by atoms with Gasteiger partial charge in [0.05, 0.1) is 6.20 Å². The van der Waals surface area contributed by atoms with Gasteiger partial charge < -0.3 is 10.1 Å². The van der Waals surface area contributed by atoms with Gasteiger partial charge in [-0.1, -0.05) is 29.9 Å². The summed E-state index contributed by atoms with van der Waals surface area (Å²) >= 11 is 0. The predicted molar refractivity (Wildman–Crippen MR) is 73.0 cm³/mol. The Balaban J connectivity index is 2.23. The normalized spacial score (nSPS) is 15.2. The van der Waals surface area contributed by atoms with Gasteiger partial charge in [-0.2, -0.15) is 9.61 Å². The van der Waals surface area contributed by atoms with Crippen molar-refractivity contribution < 1.29 is 5.11 Å². The molecule has 5 nitrogen and oxygen atoms in total. The highest BCUT2D eigenvalue weighted by atomic mass is 16.3. The van der Waals surface area contributed by atoms with E-state index in [1.54, 1.807) is 6.07 Å². The second-order valence-corrected chi connectivity index (χ2v) is 4.52. The maximum atomic E-state index is 12.1. The van der Waals surface area contributed by atoms with Crippen molar-refractivity contribution >= 4 is 11.2 Å². The van der Waals surface area contributed by atoms with E-state index in [1.807, 2.05) is 31.2 Å². The van der Waals surface area contributed by atoms with Crippen molar-refractivity contribution in [2.75, 3.05) is 0 Å². The Morgan fingerprint density at radius 1 is 1.47 bits per heavy atom. The molecular weight excluding hydrogens is 242 g/mol. The Morgan fingerprint density at radius 2 is 2.32 bits per heavy atom. The van der Waals surface area contributed by atoms with Crippen molar-refractivity contribution in [3.63, 3.8) is 0 Å². The van der Waals surface area contributed by atoms with Gasteiger partial charge in [-0.3, -0.25) is 4.79 Å². The molecule has 0 fully saturated rings. The largest absolute Gasteiger partial charge is 0.493 e. The van der Waals surface area contributed by atoms with Gasteiger partial charge in [0.1, 0.15) is 11.2 Å². The summed E-state index contributed by atoms with van der Waals surface area (Å²) in [6, 6.07) is 1.63. The lowest BCUT2D eigenvalue weighted by molar-refractivity contribution is 0.432. The molecule has 0 saturated heterocycles. The van der Waals surface area contributed by atoms with E-state index in [0.717, 1.165) is 6.42 Å². The zero-order valence-electron chi connectivity index (χ0n) is 10.4. The van der Waals surface area contributed by atoms with E-state index in [0.29, 0.717) is 11.2 Å². The highest BCUT2D eigenvalue weighted by Crippen LogP contribution is 2.25. The number of aromatic amines is 1. The Hall–Kier alpha value is -2.56. The molecule has 19 heavy (non-hydrogen) atoms. The quantitative estimate of drug-likeness (QED) is 0.819. The molecule has 0 atom stereocenters. The van der Waals surface area contributed by atoms with Crippen LogP contribution >= 0.6 is 0 Å². The first-order chi connectivity index (χ1) is 9.16. The number of nitrogens with zero attached hydrogens (tertiary/aromatic N) is 2. The summed E-state index contributed by atoms with van der Waals surface area (Å²) in [4.78, 5) is 14.8. The molecule has 2 aromatic heterocycles. The fraction of sp³-hybridized carbons (Fsp3) is 0.143. The van der Waals surface area contributed by atoms with Crippen molar-refractivity contribution in [3.05, 3.63) is 58.1 Å². The highest BCUT2D eigenvalue weighted by Gasteiger charge is 2.15. The van der Waals surface area contributed by atoms with Gasteiger partial charge in [-0.05, 0) is 18.9 Å². The number of allylic oxidation sites excluding steroid dienone is 6. The van der Waals surface area contributed by atoms with E-state index in [9.17, 15) is 9.90 Å². The highest BCUT2D eigenvalue weighted by molar-refractivity contribution is 5.77. The SMILES string of the molecule is CC1=CC=CC(c2c(O)n3nccc3[nH]c2=O)=CC1. The average Bonchev–Trinajstić information content (AvgIpc) is 2.73. The zero-order valence-corrected chi connectivity index (χ0v) is 10.4. The molecule has 5 heteroatoms. The van der Waals surface area contributed by atoms with Gasteiger partial charge in [0, 0.05) is 6.07 Å². The van der Waals surface area contributed by atoms with E-state index in [4.69, 9.17) is 0 Å². The smallest absolute Gasteiger partial charge is 0.262 e. The molecule has 2 heterocycles. The number of nitrogens with one attached hydrogen (secondary N) is 1. The Bertz CT molecular complexity index is 791. The molecule has 0 aliphatic heterocycles. The lowest BCUT2D eigenvalue weighted by atomic mass is 10.1. The van der Waals surface area contributed by atoms with Gasteiger partial charge in [-0.25, -0.2) is 0 Å². The van der Waals surface area contributed by atoms with Crippen LogP contribution in [0.5, 0.6) is 5.88 Å². The second kappa shape index (κ2) is 4.28. The summed E-state index contributed by atoms with van der Waals surface area (Å²) in [6.07, 6.45) is 9.88. The van der Waals surface area contributed by atoms with E-state index in [-0.39, 0.29) is 17.0 Å². The van der Waals surface area contributed by atoms with E-state index in [1.165, 1.54) is 16.3 Å². The second-order valence-electron chi connectivity index (χ2n) is 4.52. The zero-order chi connectivity index (χ0) is 13.4. The van der Waals surface area contributed by atoms with Gasteiger partial charge in [0.2, 0.25) is 5.88 Å². The lowest BCUT2D eigenvalue weighted by Gasteiger charge is -2.06. The van der Waals surface area contributed by atoms with Gasteiger partial charge >= 0.3 is 0 Å². The van der Waals surface area contributed by atoms with Crippen LogP contribution in [0, 0.1) is 0 Å². The van der Waals surface area contributed by atoms with Crippen LogP contribution in [0.1, 0.15) is 18.9 Å². The summed E-state index contributed by atoms with van der Waals surface area (Å²) in [5.74, 6) is -0.140. The summed E-state index contributed by atoms with van der Waals surface area (Å²) in [5, 5.41) is 14.2. The van der Waals surface area contributed by atoms with Crippen molar-refractivity contribution in [2.24, 2.45) is 0 Å². The summed E-state index contributed by atoms with van der Waals surface area (Å²) in [6.45, 7) is 2.02. The molecule has 0 bridgehead atoms. The average molecular weight is 255 g/mol. The molecule has 96 valence electrons. The third-order valence-corrected chi connectivity index (χ3v) is 3.12. The molecule has 3 rings (SSSR count). The van der Waals surface area contributed by atoms with Gasteiger partial charge in [-0.15, -0.1) is 0 Å². The van der Waals surface area contributed by atoms with Crippen molar-refractivity contribution in [1.82, 2.24) is 14.6 Å². The topological polar surface area (TPSA) is 70.4 Å². The fourth-order valence-corrected chi connectivity index (χ4v) is 2.12. The molecule has 0 spiro atoms. The van der Waals surface area contributed by atoms with Crippen LogP contribution in [-0.4, -0.2) is 19.7 Å². The monoisotopic (exact) mass is 255 g/mol. The minimum Gasteiger partial charge on any atom is -0.493 e. The lowest BCUT2D eigenvalue weighted by Crippen LogP contribution is -2.14. The first-order valence-corrected chi connectivity index (χ1v) is 6.00. The number of aromatic hydroxyl groups is 1. The predicted octanol–water partition coefficient (Wildman–Crippen LogP) is 2.02. The van der Waals surface area contributed by atoms with Crippen LogP contribution in [0.25, 0.3) is 11.2 Å². The molecule has 0 radical (unpaired) electrons. The Morgan fingerprint density at radius 3 is 3.16 bits per heavy atom. The van der Waals surface area contributed by atoms with Gasteiger partial charge in [0.15, 0.2) is 0 Å². The molecule has 2 N–H and O–H groups in total. The third kappa shape index (κ3) is 1.89. The van der Waals surface area contributed by atoms with Crippen molar-refractivity contribution in [1.29, 1.82) is 0 Å². The number of H-pyrrole nitrogens is 1. The molecule has 0 unspecified atom stereocenters. The molecule has 1 aliphatic carbocycles.